The van der Waals surface area contributed by atoms with Crippen molar-refractivity contribution in [3.63, 3.8) is 0 Å². The van der Waals surface area contributed by atoms with E-state index in [1.54, 1.807) is 67.7 Å². The molecule has 0 radical (unpaired) electrons. The summed E-state index contributed by atoms with van der Waals surface area (Å²) in [5.41, 5.74) is 13.1. The van der Waals surface area contributed by atoms with Crippen LogP contribution in [0, 0.1) is 23.4 Å². The van der Waals surface area contributed by atoms with Crippen LogP contribution in [0.2, 0.25) is 0 Å². The van der Waals surface area contributed by atoms with E-state index in [4.69, 9.17) is 16.2 Å². The number of carboxylic acids is 2. The van der Waals surface area contributed by atoms with Gasteiger partial charge in [0.05, 0.1) is 31.9 Å². The number of morpholine rings is 1. The summed E-state index contributed by atoms with van der Waals surface area (Å²) in [6.07, 6.45) is -2.91. The number of aromatic nitrogens is 1. The largest absolute Gasteiger partial charge is 0.508 e. The van der Waals surface area contributed by atoms with Crippen molar-refractivity contribution < 1.29 is 120 Å². The van der Waals surface area contributed by atoms with Crippen LogP contribution in [0.15, 0.2) is 121 Å². The van der Waals surface area contributed by atoms with E-state index < -0.39 is 271 Å². The number of hydrogen-bond acceptors (Lipinski definition) is 22. The highest BCUT2D eigenvalue weighted by Crippen LogP contribution is 2.28. The molecule has 135 heavy (non-hydrogen) atoms. The number of thioether (sulfide) groups is 1. The quantitative estimate of drug-likeness (QED) is 0.0344. The smallest absolute Gasteiger partial charge is 0.305 e. The fraction of sp³-hybridized carbons (Fsp3) is 0.467. The molecule has 3 saturated heterocycles. The van der Waals surface area contributed by atoms with Crippen LogP contribution in [0.25, 0.3) is 10.9 Å². The summed E-state index contributed by atoms with van der Waals surface area (Å²) in [5, 5.41) is 64.9. The lowest BCUT2D eigenvalue weighted by molar-refractivity contribution is -0.152. The van der Waals surface area contributed by atoms with E-state index in [2.05, 4.69) is 52.8 Å². The molecular weight excluding hydrogens is 1780 g/mol. The van der Waals surface area contributed by atoms with Gasteiger partial charge in [0.15, 0.2) is 17.5 Å². The Balaban J connectivity index is 1.14. The average Bonchev–Trinajstić information content (AvgIpc) is 1.78. The van der Waals surface area contributed by atoms with Crippen LogP contribution in [0.5, 0.6) is 11.5 Å². The lowest BCUT2D eigenvalue weighted by atomic mass is 9.98. The fourth-order valence-corrected chi connectivity index (χ4v) is 17.0. The molecule has 0 spiro atoms. The molecule has 13 atom stereocenters. The number of benzene rings is 5. The summed E-state index contributed by atoms with van der Waals surface area (Å²) >= 11 is 0.626. The molecule has 43 heteroatoms. The van der Waals surface area contributed by atoms with Gasteiger partial charge in [0.2, 0.25) is 88.6 Å². The maximum Gasteiger partial charge on any atom is 0.305 e. The number of H-pyrrole nitrogens is 1. The van der Waals surface area contributed by atoms with Crippen LogP contribution in [-0.2, 0) is 118 Å². The zero-order valence-electron chi connectivity index (χ0n) is 75.5. The number of nitrogens with zero attached hydrogens (tertiary/aromatic N) is 5. The number of likely N-dealkylation sites (N-methyl/N-ethyl adjacent to an activating group) is 3. The Morgan fingerprint density at radius 1 is 0.533 bits per heavy atom. The van der Waals surface area contributed by atoms with Crippen LogP contribution in [0.4, 0.5) is 13.2 Å². The Bertz CT molecular complexity index is 5250. The van der Waals surface area contributed by atoms with Crippen LogP contribution in [0.3, 0.4) is 0 Å². The fourth-order valence-electron chi connectivity index (χ4n) is 16.2. The number of carboxylic acid groups (broad SMARTS) is 2. The van der Waals surface area contributed by atoms with E-state index in [1.807, 2.05) is 0 Å². The highest BCUT2D eigenvalue weighted by Gasteiger charge is 2.46. The Kier molecular flexibility index (Phi) is 38.8. The van der Waals surface area contributed by atoms with E-state index in [0.717, 1.165) is 31.5 Å². The molecule has 15 amide bonds. The van der Waals surface area contributed by atoms with Crippen LogP contribution >= 0.6 is 11.8 Å². The van der Waals surface area contributed by atoms with Gasteiger partial charge in [-0.05, 0) is 121 Å². The van der Waals surface area contributed by atoms with Crippen molar-refractivity contribution in [1.29, 1.82) is 0 Å². The number of halogens is 3. The molecule has 0 bridgehead atoms. The Morgan fingerprint density at radius 3 is 1.71 bits per heavy atom. The molecule has 9 rings (SSSR count). The minimum Gasteiger partial charge on any atom is -0.508 e. The van der Waals surface area contributed by atoms with Crippen LogP contribution < -0.4 is 59.3 Å². The number of fused-ring (bicyclic) bond motifs is 3. The van der Waals surface area contributed by atoms with E-state index >= 15 is 51.9 Å². The number of carbonyl (C=O) groups is 17. The molecule has 39 nitrogen and oxygen atoms in total. The molecule has 0 aliphatic carbocycles. The van der Waals surface area contributed by atoms with Gasteiger partial charge in [-0.1, -0.05) is 106 Å². The minimum atomic E-state index is -2.00. The van der Waals surface area contributed by atoms with Gasteiger partial charge in [0.25, 0.3) is 0 Å². The van der Waals surface area contributed by atoms with Gasteiger partial charge in [0, 0.05) is 95.6 Å². The second-order valence-corrected chi connectivity index (χ2v) is 34.8. The number of ether oxygens (including phenoxy) is 1. The first kappa shape index (κ1) is 105. The zero-order valence-corrected chi connectivity index (χ0v) is 76.3. The number of nitrogens with two attached hydrogens (primary N) is 2. The molecular formula is C92H116F3N17O22S. The van der Waals surface area contributed by atoms with Crippen molar-refractivity contribution in [1.82, 2.24) is 77.3 Å². The van der Waals surface area contributed by atoms with Gasteiger partial charge >= 0.3 is 11.9 Å². The summed E-state index contributed by atoms with van der Waals surface area (Å²) in [6, 6.07) is 4.69. The number of carbonyl (C=O) groups excluding carboxylic acids is 15. The zero-order chi connectivity index (χ0) is 98.6. The molecule has 3 aliphatic rings. The monoisotopic (exact) mass is 1900 g/mol. The first-order valence-electron chi connectivity index (χ1n) is 44.2. The van der Waals surface area contributed by atoms with Crippen molar-refractivity contribution in [2.75, 3.05) is 72.0 Å². The van der Waals surface area contributed by atoms with E-state index in [9.17, 15) is 63.2 Å². The van der Waals surface area contributed by atoms with Crippen molar-refractivity contribution in [3.05, 3.63) is 167 Å². The number of aliphatic carboxylic acids is 2. The molecule has 3 fully saturated rings. The average molecular weight is 1900 g/mol. The van der Waals surface area contributed by atoms with Gasteiger partial charge in [-0.25, -0.2) is 13.2 Å². The van der Waals surface area contributed by atoms with Crippen molar-refractivity contribution in [2.24, 2.45) is 17.4 Å². The van der Waals surface area contributed by atoms with E-state index in [1.165, 1.54) is 76.5 Å². The van der Waals surface area contributed by atoms with Gasteiger partial charge < -0.3 is 114 Å². The molecule has 18 N–H and O–H groups in total. The normalized spacial score (nSPS) is 23.4. The predicted octanol–water partition coefficient (Wildman–Crippen LogP) is 0.360. The number of phenols is 2. The summed E-state index contributed by atoms with van der Waals surface area (Å²) < 4.78 is 50.9. The second kappa shape index (κ2) is 49.9. The van der Waals surface area contributed by atoms with Crippen molar-refractivity contribution in [2.45, 2.75) is 196 Å². The van der Waals surface area contributed by atoms with Crippen LogP contribution in [-0.4, -0.2) is 301 Å². The highest BCUT2D eigenvalue weighted by atomic mass is 32.2. The number of amides is 15. The van der Waals surface area contributed by atoms with E-state index in [-0.39, 0.29) is 89.1 Å². The topological polar surface area (TPSA) is 573 Å². The first-order valence-corrected chi connectivity index (χ1v) is 45.4. The molecule has 0 saturated carbocycles. The molecule has 1 aromatic heterocycles. The predicted molar refractivity (Wildman–Crippen MR) is 483 cm³/mol. The molecule has 3 aliphatic heterocycles. The lowest BCUT2D eigenvalue weighted by Crippen LogP contribution is -2.64. The maximum absolute atomic E-state index is 15.7. The van der Waals surface area contributed by atoms with Crippen LogP contribution in [0.1, 0.15) is 113 Å². The van der Waals surface area contributed by atoms with Gasteiger partial charge in [-0.15, -0.1) is 11.8 Å². The number of rotatable bonds is 25. The summed E-state index contributed by atoms with van der Waals surface area (Å²) in [6.45, 7) is 2.57. The lowest BCUT2D eigenvalue weighted by Gasteiger charge is -2.38. The third kappa shape index (κ3) is 29.4. The Labute approximate surface area is 780 Å². The number of unbranched alkanes of at least 4 members (excludes halogenated alkanes) is 1. The number of aromatic amines is 1. The van der Waals surface area contributed by atoms with Gasteiger partial charge in [-0.3, -0.25) is 81.5 Å². The molecule has 728 valence electrons. The molecule has 4 heterocycles. The SMILES string of the molecule is CCCC[C@H]1C(=O)N2CCC[C@@H]2C(=O)N[C@@H](CC(=O)O)C(=O)N[C@H](C(C)C)C(=O)N(C)[C@@H](Cc2ccccc2)C(=O)N[C@@H](CCC(=O)O)C(=O)N2CCOC[C@@H]2C(=O)N[C@H](Cc2c[nH]c3ccccc23)C(=O)N[C@@H](Cc2ccc(O)cc2)C(=O)N[C@@H](CCCN)C(=O)N[C@H](C(=O)NCC(N)=O)CSCC(=O)N[C@@H](Cc2cc(F)c(F)c(F)c2)C(=O)N(C)[C@@H](Cc2ccc(O)cc2)C(=O)N1C. The van der Waals surface area contributed by atoms with Gasteiger partial charge in [-0.2, -0.15) is 0 Å². The number of hydrogen-bond donors (Lipinski definition) is 16. The first-order chi connectivity index (χ1) is 64.2. The molecule has 5 aromatic carbocycles. The number of aromatic hydroxyl groups is 2. The summed E-state index contributed by atoms with van der Waals surface area (Å²) in [4.78, 5) is 258. The number of para-hydroxylation sites is 1. The third-order valence-electron chi connectivity index (χ3n) is 23.6. The third-order valence-corrected chi connectivity index (χ3v) is 24.7. The van der Waals surface area contributed by atoms with Crippen molar-refractivity contribution in [3.8, 4) is 11.5 Å². The summed E-state index contributed by atoms with van der Waals surface area (Å²) in [7, 11) is 3.58. The second-order valence-electron chi connectivity index (χ2n) is 33.8. The molecule has 6 aromatic rings. The summed E-state index contributed by atoms with van der Waals surface area (Å²) in [5.74, 6) is -26.7. The maximum atomic E-state index is 15.7. The molecule has 0 unspecified atom stereocenters. The van der Waals surface area contributed by atoms with E-state index in [0.29, 0.717) is 63.5 Å². The van der Waals surface area contributed by atoms with Crippen molar-refractivity contribution >= 4 is 123 Å². The minimum absolute atomic E-state index is 0.000993. The number of nitrogens with one attached hydrogen (secondary N) is 10. The van der Waals surface area contributed by atoms with Gasteiger partial charge in [0.1, 0.15) is 90.0 Å². The number of primary amides is 1. The Hall–Kier alpha value is -13.7. The number of phenolic OH excluding ortho intramolecular Hbond substituents is 2. The Morgan fingerprint density at radius 2 is 1.08 bits per heavy atom. The standard InChI is InChI=1S/C92H116F3N17O22S/c1-7-8-21-70-91(132)111-34-15-22-69(111)85(126)105-66(44-77(119)120)84(125)107-79(50(2)3)92(133)109(5)71(41-51-16-10-9-11-17-51)86(127)102-63(31-32-76(117)118)89(130)112-35-36-134-47-73(112)87(128)104-65(43-55-45-98-61-19-13-12-18-58(55)61)83(124)103-64(39-52-23-27-56(113)28-24-52)82(123)101-62(20-14-33-96)81(122)106-68(80(121)99-46-74(97)115)48-135-49-75(116)100-67(40-54-37-59(93)78(95)60(94)38-54)88(129)110(6)72(90(131)108(70)4)42-53-25-29-57(114)30-26-53/h9-13,16-19,23-30,37-38,45,50,62-73,79,98,113-114H,7-8,14-15,20-22,31-36,39-44,46-49,96H2,1-6H3,(H2,97,115)(H,99,121)(H,100,116)(H,101,123)(H,102,127)(H,103,124)(H,104,128)(H,105,126)(H,106,122)(H,107,125)(H,117,118)(H,119,120)/t62-,63-,64-,65+,66-,67-,68-,69+,70-,71-,72-,73+,79+/m0/s1. The highest BCUT2D eigenvalue weighted by molar-refractivity contribution is 8.00.